The maximum Gasteiger partial charge on any atom is 0.221 e. The lowest BCUT2D eigenvalue weighted by Crippen LogP contribution is -2.23. The maximum absolute atomic E-state index is 12.0. The van der Waals surface area contributed by atoms with Crippen LogP contribution in [0.25, 0.3) is 0 Å². The van der Waals surface area contributed by atoms with Gasteiger partial charge in [-0.1, -0.05) is 19.3 Å². The van der Waals surface area contributed by atoms with E-state index in [1.54, 1.807) is 24.3 Å². The molecule has 0 radical (unpaired) electrons. The highest BCUT2D eigenvalue weighted by molar-refractivity contribution is 5.88. The van der Waals surface area contributed by atoms with Crippen molar-refractivity contribution in [3.63, 3.8) is 0 Å². The molecule has 0 atom stereocenters. The van der Waals surface area contributed by atoms with Crippen molar-refractivity contribution in [2.24, 2.45) is 5.92 Å². The smallest absolute Gasteiger partial charge is 0.221 e. The summed E-state index contributed by atoms with van der Waals surface area (Å²) in [6, 6.07) is 7.06. The monoisotopic (exact) mass is 275 g/mol. The van der Waals surface area contributed by atoms with E-state index in [2.05, 4.69) is 5.32 Å². The van der Waals surface area contributed by atoms with Gasteiger partial charge in [0.15, 0.2) is 5.78 Å². The van der Waals surface area contributed by atoms with Crippen molar-refractivity contribution in [1.29, 1.82) is 0 Å². The molecule has 0 saturated heterocycles. The lowest BCUT2D eigenvalue weighted by Gasteiger charge is -2.20. The summed E-state index contributed by atoms with van der Waals surface area (Å²) in [5.74, 6) is 0.937. The Hall–Kier alpha value is -1.84. The molecule has 0 aromatic heterocycles. The van der Waals surface area contributed by atoms with E-state index in [0.29, 0.717) is 5.75 Å². The van der Waals surface area contributed by atoms with Crippen LogP contribution in [0.2, 0.25) is 0 Å². The summed E-state index contributed by atoms with van der Waals surface area (Å²) < 4.78 is 5.52. The molecule has 1 aliphatic rings. The van der Waals surface area contributed by atoms with Gasteiger partial charge in [0.05, 0.1) is 0 Å². The van der Waals surface area contributed by atoms with Gasteiger partial charge >= 0.3 is 0 Å². The fraction of sp³-hybridized carbons (Fsp3) is 0.500. The van der Waals surface area contributed by atoms with Crippen molar-refractivity contribution < 1.29 is 14.3 Å². The number of nitrogens with one attached hydrogen (secondary N) is 1. The molecule has 1 fully saturated rings. The Labute approximate surface area is 119 Å². The lowest BCUT2D eigenvalue weighted by molar-refractivity contribution is -0.125. The zero-order valence-corrected chi connectivity index (χ0v) is 11.9. The second-order valence-electron chi connectivity index (χ2n) is 5.30. The van der Waals surface area contributed by atoms with Gasteiger partial charge in [-0.25, -0.2) is 0 Å². The number of carbonyl (C=O) groups is 2. The van der Waals surface area contributed by atoms with Crippen LogP contribution in [0.3, 0.4) is 0 Å². The molecule has 1 N–H and O–H groups in total. The number of hydrogen-bond acceptors (Lipinski definition) is 3. The van der Waals surface area contributed by atoms with Crippen molar-refractivity contribution in [3.8, 4) is 5.75 Å². The Kier molecular flexibility index (Phi) is 5.16. The van der Waals surface area contributed by atoms with Crippen molar-refractivity contribution in [2.45, 2.75) is 39.0 Å². The average Bonchev–Trinajstić information content (AvgIpc) is 2.46. The molecule has 0 bridgehead atoms. The molecule has 2 rings (SSSR count). The summed E-state index contributed by atoms with van der Waals surface area (Å²) in [7, 11) is 0. The maximum atomic E-state index is 12.0. The third kappa shape index (κ3) is 4.37. The number of benzene rings is 1. The summed E-state index contributed by atoms with van der Waals surface area (Å²) in [4.78, 5) is 22.9. The topological polar surface area (TPSA) is 55.4 Å². The third-order valence-corrected chi connectivity index (χ3v) is 3.62. The van der Waals surface area contributed by atoms with Crippen LogP contribution in [0, 0.1) is 5.92 Å². The first-order valence-electron chi connectivity index (χ1n) is 7.18. The summed E-state index contributed by atoms with van der Waals surface area (Å²) >= 11 is 0. The summed E-state index contributed by atoms with van der Waals surface area (Å²) in [6.07, 6.45) is 5.56. The predicted octanol–water partition coefficient (Wildman–Crippen LogP) is 3.17. The second kappa shape index (κ2) is 7.08. The normalized spacial score (nSPS) is 15.7. The first-order valence-corrected chi connectivity index (χ1v) is 7.18. The summed E-state index contributed by atoms with van der Waals surface area (Å²) in [6.45, 7) is 1.61. The van der Waals surface area contributed by atoms with Gasteiger partial charge in [0.25, 0.3) is 0 Å². The van der Waals surface area contributed by atoms with Crippen LogP contribution in [0.1, 0.15) is 39.0 Å². The van der Waals surface area contributed by atoms with Gasteiger partial charge < -0.3 is 10.1 Å². The number of anilines is 1. The molecule has 108 valence electrons. The fourth-order valence-corrected chi connectivity index (χ4v) is 2.53. The van der Waals surface area contributed by atoms with E-state index in [0.717, 1.165) is 31.4 Å². The van der Waals surface area contributed by atoms with Crippen LogP contribution in [0.15, 0.2) is 24.3 Å². The Bertz CT molecular complexity index is 461. The number of rotatable bonds is 5. The molecule has 0 heterocycles. The molecule has 1 saturated carbocycles. The summed E-state index contributed by atoms with van der Waals surface area (Å²) in [5.41, 5.74) is 0.725. The SMILES string of the molecule is CC(=O)Nc1ccc(OCC(=O)C2CCCCC2)cc1. The van der Waals surface area contributed by atoms with Crippen molar-refractivity contribution in [1.82, 2.24) is 0 Å². The van der Waals surface area contributed by atoms with Gasteiger partial charge in [-0.3, -0.25) is 9.59 Å². The number of amides is 1. The number of hydrogen-bond donors (Lipinski definition) is 1. The minimum absolute atomic E-state index is 0.105. The minimum Gasteiger partial charge on any atom is -0.486 e. The molecule has 4 nitrogen and oxygen atoms in total. The molecular formula is C16H21NO3. The lowest BCUT2D eigenvalue weighted by atomic mass is 9.86. The molecule has 0 spiro atoms. The highest BCUT2D eigenvalue weighted by Crippen LogP contribution is 2.24. The molecule has 1 amide bonds. The van der Waals surface area contributed by atoms with Crippen molar-refractivity contribution >= 4 is 17.4 Å². The van der Waals surface area contributed by atoms with E-state index in [1.807, 2.05) is 0 Å². The Morgan fingerprint density at radius 2 is 1.80 bits per heavy atom. The van der Waals surface area contributed by atoms with Crippen LogP contribution < -0.4 is 10.1 Å². The Morgan fingerprint density at radius 1 is 1.15 bits per heavy atom. The van der Waals surface area contributed by atoms with Gasteiger partial charge in [0, 0.05) is 18.5 Å². The largest absolute Gasteiger partial charge is 0.486 e. The quantitative estimate of drug-likeness (QED) is 0.898. The van der Waals surface area contributed by atoms with Crippen LogP contribution in [-0.4, -0.2) is 18.3 Å². The molecule has 1 aromatic carbocycles. The molecule has 0 unspecified atom stereocenters. The molecule has 1 aliphatic carbocycles. The molecule has 20 heavy (non-hydrogen) atoms. The van der Waals surface area contributed by atoms with Crippen LogP contribution >= 0.6 is 0 Å². The molecule has 0 aliphatic heterocycles. The van der Waals surface area contributed by atoms with E-state index >= 15 is 0 Å². The van der Waals surface area contributed by atoms with Gasteiger partial charge in [-0.2, -0.15) is 0 Å². The second-order valence-corrected chi connectivity index (χ2v) is 5.30. The van der Waals surface area contributed by atoms with E-state index in [1.165, 1.54) is 13.3 Å². The zero-order valence-electron chi connectivity index (χ0n) is 11.9. The summed E-state index contributed by atoms with van der Waals surface area (Å²) in [5, 5.41) is 2.69. The van der Waals surface area contributed by atoms with Gasteiger partial charge in [-0.05, 0) is 37.1 Å². The van der Waals surface area contributed by atoms with E-state index < -0.39 is 0 Å². The number of ketones is 1. The van der Waals surface area contributed by atoms with Crippen molar-refractivity contribution in [3.05, 3.63) is 24.3 Å². The van der Waals surface area contributed by atoms with E-state index in [-0.39, 0.29) is 24.2 Å². The first kappa shape index (κ1) is 14.6. The zero-order chi connectivity index (χ0) is 14.4. The van der Waals surface area contributed by atoms with Gasteiger partial charge in [0.2, 0.25) is 5.91 Å². The number of ether oxygens (including phenoxy) is 1. The van der Waals surface area contributed by atoms with E-state index in [9.17, 15) is 9.59 Å². The average molecular weight is 275 g/mol. The third-order valence-electron chi connectivity index (χ3n) is 3.62. The fourth-order valence-electron chi connectivity index (χ4n) is 2.53. The molecular weight excluding hydrogens is 254 g/mol. The van der Waals surface area contributed by atoms with Crippen LogP contribution in [-0.2, 0) is 9.59 Å². The number of carbonyl (C=O) groups excluding carboxylic acids is 2. The highest BCUT2D eigenvalue weighted by Gasteiger charge is 2.21. The molecule has 1 aromatic rings. The van der Waals surface area contributed by atoms with Crippen LogP contribution in [0.4, 0.5) is 5.69 Å². The van der Waals surface area contributed by atoms with Gasteiger partial charge in [0.1, 0.15) is 12.4 Å². The molecule has 4 heteroatoms. The van der Waals surface area contributed by atoms with Crippen LogP contribution in [0.5, 0.6) is 5.75 Å². The van der Waals surface area contributed by atoms with Crippen molar-refractivity contribution in [2.75, 3.05) is 11.9 Å². The Balaban J connectivity index is 1.81. The predicted molar refractivity (Wildman–Crippen MR) is 77.8 cm³/mol. The number of Topliss-reactive ketones (excluding diaryl/α,β-unsaturated/α-hetero) is 1. The minimum atomic E-state index is -0.105. The Morgan fingerprint density at radius 3 is 2.40 bits per heavy atom. The van der Waals surface area contributed by atoms with E-state index in [4.69, 9.17) is 4.74 Å². The first-order chi connectivity index (χ1) is 9.65. The van der Waals surface area contributed by atoms with Gasteiger partial charge in [-0.15, -0.1) is 0 Å². The highest BCUT2D eigenvalue weighted by atomic mass is 16.5. The standard InChI is InChI=1S/C16H21NO3/c1-12(18)17-14-7-9-15(10-8-14)20-11-16(19)13-5-3-2-4-6-13/h7-10,13H,2-6,11H2,1H3,(H,17,18).